The Hall–Kier alpha value is -3.11. The van der Waals surface area contributed by atoms with Crippen LogP contribution >= 0.6 is 11.6 Å². The Morgan fingerprint density at radius 3 is 1.96 bits per heavy atom. The number of benzene rings is 3. The predicted octanol–water partition coefficient (Wildman–Crippen LogP) is 4.89. The highest BCUT2D eigenvalue weighted by atomic mass is 35.5. The lowest BCUT2D eigenvalue weighted by atomic mass is 10.1. The highest BCUT2D eigenvalue weighted by molar-refractivity contribution is 6.28. The maximum atomic E-state index is 13.1. The average Bonchev–Trinajstić information content (AvgIpc) is 2.71. The lowest BCUT2D eigenvalue weighted by Gasteiger charge is -2.23. The SMILES string of the molecule is NC(CCl)=Nc1ccc(N(C(=O)c2ccccc2)c2ccccc2)cc1. The number of nitrogens with two attached hydrogens (primary N) is 1. The van der Waals surface area contributed by atoms with Gasteiger partial charge in [0.15, 0.2) is 0 Å². The number of alkyl halides is 1. The van der Waals surface area contributed by atoms with Crippen molar-refractivity contribution in [2.75, 3.05) is 10.8 Å². The van der Waals surface area contributed by atoms with Crippen molar-refractivity contribution in [1.29, 1.82) is 0 Å². The quantitative estimate of drug-likeness (QED) is 0.398. The number of carbonyl (C=O) groups excluding carboxylic acids is 1. The van der Waals surface area contributed by atoms with E-state index in [1.165, 1.54) is 0 Å². The minimum absolute atomic E-state index is 0.103. The molecule has 0 saturated carbocycles. The second kappa shape index (κ2) is 8.32. The van der Waals surface area contributed by atoms with E-state index in [0.29, 0.717) is 17.1 Å². The molecular weight excluding hydrogens is 346 g/mol. The van der Waals surface area contributed by atoms with E-state index in [1.54, 1.807) is 17.0 Å². The predicted molar refractivity (Wildman–Crippen MR) is 108 cm³/mol. The van der Waals surface area contributed by atoms with Crippen molar-refractivity contribution in [2.45, 2.75) is 0 Å². The molecule has 2 N–H and O–H groups in total. The third-order valence-corrected chi connectivity index (χ3v) is 4.03. The van der Waals surface area contributed by atoms with Crippen LogP contribution in [0.5, 0.6) is 0 Å². The Bertz CT molecular complexity index is 894. The Kier molecular flexibility index (Phi) is 5.66. The summed E-state index contributed by atoms with van der Waals surface area (Å²) in [6, 6.07) is 26.0. The summed E-state index contributed by atoms with van der Waals surface area (Å²) in [5.41, 5.74) is 8.51. The summed E-state index contributed by atoms with van der Waals surface area (Å²) in [4.78, 5) is 19.0. The van der Waals surface area contributed by atoms with Crippen molar-refractivity contribution in [3.05, 3.63) is 90.5 Å². The van der Waals surface area contributed by atoms with Crippen LogP contribution in [-0.2, 0) is 0 Å². The molecule has 0 aliphatic carbocycles. The number of para-hydroxylation sites is 1. The zero-order valence-corrected chi connectivity index (χ0v) is 14.8. The first-order valence-corrected chi connectivity index (χ1v) is 8.66. The summed E-state index contributed by atoms with van der Waals surface area (Å²) in [5, 5.41) is 0. The number of hydrogen-bond acceptors (Lipinski definition) is 2. The summed E-state index contributed by atoms with van der Waals surface area (Å²) >= 11 is 5.66. The van der Waals surface area contributed by atoms with Crippen molar-refractivity contribution in [3.63, 3.8) is 0 Å². The zero-order chi connectivity index (χ0) is 18.4. The van der Waals surface area contributed by atoms with Gasteiger partial charge in [-0.1, -0.05) is 36.4 Å². The van der Waals surface area contributed by atoms with Gasteiger partial charge in [-0.25, -0.2) is 4.99 Å². The summed E-state index contributed by atoms with van der Waals surface area (Å²) in [7, 11) is 0. The zero-order valence-electron chi connectivity index (χ0n) is 14.0. The highest BCUT2D eigenvalue weighted by Gasteiger charge is 2.19. The molecule has 4 nitrogen and oxygen atoms in total. The van der Waals surface area contributed by atoms with Crippen LogP contribution in [0.4, 0.5) is 17.1 Å². The molecule has 0 fully saturated rings. The minimum Gasteiger partial charge on any atom is -0.386 e. The van der Waals surface area contributed by atoms with E-state index in [0.717, 1.165) is 11.4 Å². The lowest BCUT2D eigenvalue weighted by molar-refractivity contribution is 0.0999. The van der Waals surface area contributed by atoms with Crippen molar-refractivity contribution in [1.82, 2.24) is 0 Å². The first kappa shape index (κ1) is 17.7. The molecule has 26 heavy (non-hydrogen) atoms. The van der Waals surface area contributed by atoms with E-state index >= 15 is 0 Å². The molecule has 0 atom stereocenters. The topological polar surface area (TPSA) is 58.7 Å². The number of carbonyl (C=O) groups is 1. The number of aliphatic imine (C=N–C) groups is 1. The summed E-state index contributed by atoms with van der Waals surface area (Å²) in [6.45, 7) is 0. The van der Waals surface area contributed by atoms with Crippen molar-refractivity contribution >= 4 is 40.4 Å². The van der Waals surface area contributed by atoms with Gasteiger partial charge in [-0.15, -0.1) is 11.6 Å². The van der Waals surface area contributed by atoms with Gasteiger partial charge in [-0.05, 0) is 48.5 Å². The molecule has 130 valence electrons. The van der Waals surface area contributed by atoms with Gasteiger partial charge in [0.05, 0.1) is 11.6 Å². The second-order valence-corrected chi connectivity index (χ2v) is 5.86. The molecule has 3 rings (SSSR count). The van der Waals surface area contributed by atoms with E-state index in [1.807, 2.05) is 72.8 Å². The maximum absolute atomic E-state index is 13.1. The molecule has 0 spiro atoms. The van der Waals surface area contributed by atoms with Crippen molar-refractivity contribution < 1.29 is 4.79 Å². The molecule has 0 bridgehead atoms. The van der Waals surface area contributed by atoms with Gasteiger partial charge >= 0.3 is 0 Å². The van der Waals surface area contributed by atoms with Gasteiger partial charge in [0, 0.05) is 16.9 Å². The third-order valence-electron chi connectivity index (χ3n) is 3.76. The molecule has 0 aliphatic rings. The largest absolute Gasteiger partial charge is 0.386 e. The minimum atomic E-state index is -0.103. The van der Waals surface area contributed by atoms with Crippen LogP contribution in [0.25, 0.3) is 0 Å². The van der Waals surface area contributed by atoms with Crippen molar-refractivity contribution in [3.8, 4) is 0 Å². The molecule has 0 radical (unpaired) electrons. The first-order valence-electron chi connectivity index (χ1n) is 8.12. The number of nitrogens with zero attached hydrogens (tertiary/aromatic N) is 2. The van der Waals surface area contributed by atoms with Crippen LogP contribution in [0.3, 0.4) is 0 Å². The Balaban J connectivity index is 2.00. The molecule has 3 aromatic carbocycles. The normalized spacial score (nSPS) is 11.2. The fourth-order valence-corrected chi connectivity index (χ4v) is 2.60. The molecule has 0 saturated heterocycles. The second-order valence-electron chi connectivity index (χ2n) is 5.60. The van der Waals surface area contributed by atoms with Gasteiger partial charge in [0.2, 0.25) is 0 Å². The smallest absolute Gasteiger partial charge is 0.262 e. The molecule has 1 amide bonds. The molecule has 0 aromatic heterocycles. The number of halogens is 1. The fourth-order valence-electron chi connectivity index (χ4n) is 2.54. The van der Waals surface area contributed by atoms with Crippen LogP contribution in [0.15, 0.2) is 89.9 Å². The molecular formula is C21H18ClN3O. The van der Waals surface area contributed by atoms with E-state index in [9.17, 15) is 4.79 Å². The number of amides is 1. The van der Waals surface area contributed by atoms with Gasteiger partial charge in [-0.2, -0.15) is 0 Å². The van der Waals surface area contributed by atoms with Gasteiger partial charge < -0.3 is 5.73 Å². The van der Waals surface area contributed by atoms with Crippen LogP contribution in [-0.4, -0.2) is 17.6 Å². The third kappa shape index (κ3) is 4.10. The number of hydrogen-bond donors (Lipinski definition) is 1. The molecule has 0 heterocycles. The van der Waals surface area contributed by atoms with Gasteiger partial charge in [0.25, 0.3) is 5.91 Å². The van der Waals surface area contributed by atoms with Gasteiger partial charge in [-0.3, -0.25) is 9.69 Å². The monoisotopic (exact) mass is 363 g/mol. The van der Waals surface area contributed by atoms with E-state index < -0.39 is 0 Å². The summed E-state index contributed by atoms with van der Waals surface area (Å²) in [5.74, 6) is 0.415. The molecule has 3 aromatic rings. The standard InChI is InChI=1S/C21H18ClN3O/c22-15-20(23)24-17-11-13-19(14-12-17)25(18-9-5-2-6-10-18)21(26)16-7-3-1-4-8-16/h1-14H,15H2,(H2,23,24). The highest BCUT2D eigenvalue weighted by Crippen LogP contribution is 2.29. The first-order chi connectivity index (χ1) is 12.7. The van der Waals surface area contributed by atoms with E-state index in [-0.39, 0.29) is 11.8 Å². The number of rotatable bonds is 5. The van der Waals surface area contributed by atoms with E-state index in [4.69, 9.17) is 17.3 Å². The van der Waals surface area contributed by atoms with Crippen LogP contribution in [0.1, 0.15) is 10.4 Å². The Labute approximate surface area is 157 Å². The van der Waals surface area contributed by atoms with Crippen LogP contribution < -0.4 is 10.6 Å². The Morgan fingerprint density at radius 1 is 0.846 bits per heavy atom. The maximum Gasteiger partial charge on any atom is 0.262 e. The Morgan fingerprint density at radius 2 is 1.38 bits per heavy atom. The number of amidine groups is 1. The number of anilines is 2. The molecule has 5 heteroatoms. The molecule has 0 aliphatic heterocycles. The lowest BCUT2D eigenvalue weighted by Crippen LogP contribution is -2.25. The van der Waals surface area contributed by atoms with Gasteiger partial charge in [0.1, 0.15) is 5.84 Å². The molecule has 0 unspecified atom stereocenters. The summed E-state index contributed by atoms with van der Waals surface area (Å²) in [6.07, 6.45) is 0. The van der Waals surface area contributed by atoms with E-state index in [2.05, 4.69) is 4.99 Å². The van der Waals surface area contributed by atoms with Crippen LogP contribution in [0.2, 0.25) is 0 Å². The average molecular weight is 364 g/mol. The van der Waals surface area contributed by atoms with Crippen molar-refractivity contribution in [2.24, 2.45) is 10.7 Å². The fraction of sp³-hybridized carbons (Fsp3) is 0.0476. The van der Waals surface area contributed by atoms with Crippen LogP contribution in [0, 0.1) is 0 Å². The summed E-state index contributed by atoms with van der Waals surface area (Å²) < 4.78 is 0.